The molecule has 0 atom stereocenters. The van der Waals surface area contributed by atoms with Crippen molar-refractivity contribution in [3.63, 3.8) is 0 Å². The fourth-order valence-electron chi connectivity index (χ4n) is 2.94. The van der Waals surface area contributed by atoms with Crippen molar-refractivity contribution in [3.8, 4) is 0 Å². The summed E-state index contributed by atoms with van der Waals surface area (Å²) in [5.74, 6) is -0.122. The van der Waals surface area contributed by atoms with Crippen molar-refractivity contribution in [2.75, 3.05) is 0 Å². The lowest BCUT2D eigenvalue weighted by Crippen LogP contribution is -2.19. The first kappa shape index (κ1) is 20.8. The van der Waals surface area contributed by atoms with Crippen LogP contribution in [0.15, 0.2) is 86.4 Å². The average Bonchev–Trinajstić information content (AvgIpc) is 3.06. The molecule has 0 aromatic heterocycles. The second kappa shape index (κ2) is 9.13. The summed E-state index contributed by atoms with van der Waals surface area (Å²) in [7, 11) is 0. The van der Waals surface area contributed by atoms with Gasteiger partial charge in [0, 0.05) is 14.8 Å². The minimum Gasteiger partial charge on any atom is -0.300 e. The zero-order chi connectivity index (χ0) is 21.1. The van der Waals surface area contributed by atoms with Crippen molar-refractivity contribution < 1.29 is 4.79 Å². The summed E-state index contributed by atoms with van der Waals surface area (Å²) in [5.41, 5.74) is 4.12. The van der Waals surface area contributed by atoms with Gasteiger partial charge in [-0.1, -0.05) is 53.2 Å². The van der Waals surface area contributed by atoms with Crippen LogP contribution in [-0.2, 0) is 4.79 Å². The molecule has 3 aromatic rings. The Bertz CT molecular complexity index is 1150. The van der Waals surface area contributed by atoms with Crippen LogP contribution in [-0.4, -0.2) is 11.1 Å². The number of aliphatic imine (C=N–C) groups is 1. The molecule has 3 nitrogen and oxygen atoms in total. The first-order chi connectivity index (χ1) is 14.5. The van der Waals surface area contributed by atoms with Crippen LogP contribution in [0, 0.1) is 13.8 Å². The van der Waals surface area contributed by atoms with Crippen molar-refractivity contribution in [2.45, 2.75) is 23.6 Å². The SMILES string of the molecule is Cc1ccc(N=C2NC(=O)/C(=C/c3ccc(Sc4ccc(Cl)cc4)cc3)S2)c(C)c1. The highest BCUT2D eigenvalue weighted by Crippen LogP contribution is 2.31. The van der Waals surface area contributed by atoms with E-state index in [4.69, 9.17) is 11.6 Å². The van der Waals surface area contributed by atoms with E-state index in [1.165, 1.54) is 17.3 Å². The minimum absolute atomic E-state index is 0.122. The Hall–Kier alpha value is -2.47. The van der Waals surface area contributed by atoms with Gasteiger partial charge < -0.3 is 5.32 Å². The van der Waals surface area contributed by atoms with Crippen LogP contribution in [0.1, 0.15) is 16.7 Å². The number of thioether (sulfide) groups is 1. The number of benzene rings is 3. The van der Waals surface area contributed by atoms with Gasteiger partial charge in [-0.25, -0.2) is 4.99 Å². The lowest BCUT2D eigenvalue weighted by atomic mass is 10.1. The molecule has 0 radical (unpaired) electrons. The number of hydrogen-bond acceptors (Lipinski definition) is 4. The van der Waals surface area contributed by atoms with Crippen molar-refractivity contribution in [1.29, 1.82) is 0 Å². The van der Waals surface area contributed by atoms with E-state index in [9.17, 15) is 4.79 Å². The smallest absolute Gasteiger partial charge is 0.264 e. The van der Waals surface area contributed by atoms with E-state index < -0.39 is 0 Å². The third-order valence-corrected chi connectivity index (χ3v) is 6.63. The normalized spacial score (nSPS) is 16.3. The number of carbonyl (C=O) groups is 1. The van der Waals surface area contributed by atoms with Gasteiger partial charge in [-0.15, -0.1) is 0 Å². The summed E-state index contributed by atoms with van der Waals surface area (Å²) in [5, 5.41) is 4.19. The number of carbonyl (C=O) groups excluding carboxylic acids is 1. The van der Waals surface area contributed by atoms with Gasteiger partial charge in [0.25, 0.3) is 5.91 Å². The van der Waals surface area contributed by atoms with Gasteiger partial charge >= 0.3 is 0 Å². The van der Waals surface area contributed by atoms with E-state index in [0.29, 0.717) is 10.1 Å². The second-order valence-electron chi connectivity index (χ2n) is 6.90. The number of nitrogens with one attached hydrogen (secondary N) is 1. The molecule has 1 aliphatic rings. The fourth-order valence-corrected chi connectivity index (χ4v) is 4.72. The largest absolute Gasteiger partial charge is 0.300 e. The number of hydrogen-bond donors (Lipinski definition) is 1. The van der Waals surface area contributed by atoms with Gasteiger partial charge in [-0.05, 0) is 85.3 Å². The maximum atomic E-state index is 12.4. The molecule has 6 heteroatoms. The molecule has 3 aromatic carbocycles. The first-order valence-corrected chi connectivity index (χ1v) is 11.4. The predicted molar refractivity (Wildman–Crippen MR) is 129 cm³/mol. The van der Waals surface area contributed by atoms with Crippen molar-refractivity contribution in [3.05, 3.63) is 93.3 Å². The van der Waals surface area contributed by atoms with Crippen molar-refractivity contribution in [2.24, 2.45) is 4.99 Å². The first-order valence-electron chi connectivity index (χ1n) is 9.36. The van der Waals surface area contributed by atoms with Crippen molar-refractivity contribution >= 4 is 58.0 Å². The molecule has 4 rings (SSSR count). The molecular weight excluding hydrogens is 432 g/mol. The standard InChI is InChI=1S/C24H19ClN2OS2/c1-15-3-12-21(16(2)13-15)26-24-27-23(28)22(30-24)14-17-4-8-19(9-5-17)29-20-10-6-18(25)7-11-20/h3-14H,1-2H3,(H,26,27,28)/b22-14-. The Balaban J connectivity index is 1.47. The van der Waals surface area contributed by atoms with Gasteiger partial charge in [0.05, 0.1) is 10.6 Å². The van der Waals surface area contributed by atoms with Crippen LogP contribution in [0.2, 0.25) is 5.02 Å². The van der Waals surface area contributed by atoms with E-state index in [-0.39, 0.29) is 5.91 Å². The quantitative estimate of drug-likeness (QED) is 0.435. The Morgan fingerprint density at radius 3 is 2.30 bits per heavy atom. The second-order valence-corrected chi connectivity index (χ2v) is 9.51. The Kier molecular flexibility index (Phi) is 6.32. The molecule has 1 saturated heterocycles. The lowest BCUT2D eigenvalue weighted by molar-refractivity contribution is -0.115. The van der Waals surface area contributed by atoms with Crippen LogP contribution in [0.3, 0.4) is 0 Å². The third kappa shape index (κ3) is 5.17. The topological polar surface area (TPSA) is 41.5 Å². The monoisotopic (exact) mass is 450 g/mol. The van der Waals surface area contributed by atoms with E-state index in [0.717, 1.165) is 31.6 Å². The molecule has 0 spiro atoms. The molecule has 150 valence electrons. The summed E-state index contributed by atoms with van der Waals surface area (Å²) in [6.45, 7) is 4.07. The maximum absolute atomic E-state index is 12.4. The summed E-state index contributed by atoms with van der Waals surface area (Å²) < 4.78 is 0. The number of rotatable bonds is 4. The molecule has 1 heterocycles. The van der Waals surface area contributed by atoms with Gasteiger partial charge in [0.15, 0.2) is 5.17 Å². The zero-order valence-electron chi connectivity index (χ0n) is 16.5. The van der Waals surface area contributed by atoms with E-state index in [2.05, 4.69) is 23.3 Å². The molecule has 0 aliphatic carbocycles. The fraction of sp³-hybridized carbons (Fsp3) is 0.0833. The summed E-state index contributed by atoms with van der Waals surface area (Å²) in [6.07, 6.45) is 1.89. The molecule has 1 N–H and O–H groups in total. The molecule has 0 saturated carbocycles. The Morgan fingerprint density at radius 2 is 1.63 bits per heavy atom. The van der Waals surface area contributed by atoms with Crippen LogP contribution in [0.4, 0.5) is 5.69 Å². The van der Waals surface area contributed by atoms with Gasteiger partial charge in [0.1, 0.15) is 0 Å². The zero-order valence-corrected chi connectivity index (χ0v) is 18.9. The van der Waals surface area contributed by atoms with Gasteiger partial charge in [0.2, 0.25) is 0 Å². The van der Waals surface area contributed by atoms with Crippen LogP contribution >= 0.6 is 35.1 Å². The average molecular weight is 451 g/mol. The van der Waals surface area contributed by atoms with Crippen LogP contribution in [0.25, 0.3) is 6.08 Å². The molecule has 30 heavy (non-hydrogen) atoms. The highest BCUT2D eigenvalue weighted by atomic mass is 35.5. The lowest BCUT2D eigenvalue weighted by Gasteiger charge is -2.03. The highest BCUT2D eigenvalue weighted by Gasteiger charge is 2.23. The summed E-state index contributed by atoms with van der Waals surface area (Å²) in [6, 6.07) is 22.0. The summed E-state index contributed by atoms with van der Waals surface area (Å²) >= 11 is 8.97. The van der Waals surface area contributed by atoms with E-state index in [1.807, 2.05) is 73.7 Å². The number of aryl methyl sites for hydroxylation is 2. The Morgan fingerprint density at radius 1 is 0.967 bits per heavy atom. The van der Waals surface area contributed by atoms with Gasteiger partial charge in [-0.2, -0.15) is 0 Å². The predicted octanol–water partition coefficient (Wildman–Crippen LogP) is 7.00. The van der Waals surface area contributed by atoms with Crippen LogP contribution < -0.4 is 5.32 Å². The number of halogens is 1. The molecule has 0 unspecified atom stereocenters. The van der Waals surface area contributed by atoms with Crippen LogP contribution in [0.5, 0.6) is 0 Å². The van der Waals surface area contributed by atoms with Crippen molar-refractivity contribution in [1.82, 2.24) is 5.32 Å². The minimum atomic E-state index is -0.122. The number of amidine groups is 1. The number of nitrogens with zero attached hydrogens (tertiary/aromatic N) is 1. The molecule has 1 fully saturated rings. The molecular formula is C24H19ClN2OS2. The molecule has 0 bridgehead atoms. The van der Waals surface area contributed by atoms with E-state index in [1.54, 1.807) is 11.8 Å². The molecule has 1 aliphatic heterocycles. The van der Waals surface area contributed by atoms with E-state index >= 15 is 0 Å². The summed E-state index contributed by atoms with van der Waals surface area (Å²) in [4.78, 5) is 19.8. The molecule has 1 amide bonds. The van der Waals surface area contributed by atoms with Gasteiger partial charge in [-0.3, -0.25) is 4.79 Å². The third-order valence-electron chi connectivity index (χ3n) is 4.45. The Labute approximate surface area is 189 Å². The highest BCUT2D eigenvalue weighted by molar-refractivity contribution is 8.18. The number of amides is 1. The maximum Gasteiger partial charge on any atom is 0.264 e.